The molecule has 3 fully saturated rings. The van der Waals surface area contributed by atoms with Gasteiger partial charge in [-0.1, -0.05) is 36.8 Å². The second-order valence-corrected chi connectivity index (χ2v) is 8.76. The molecule has 0 radical (unpaired) electrons. The van der Waals surface area contributed by atoms with Crippen molar-refractivity contribution in [3.05, 3.63) is 35.9 Å². The van der Waals surface area contributed by atoms with E-state index in [9.17, 15) is 14.4 Å². The molecule has 30 heavy (non-hydrogen) atoms. The van der Waals surface area contributed by atoms with Crippen LogP contribution in [0.1, 0.15) is 50.5 Å². The maximum atomic E-state index is 12.6. The first kappa shape index (κ1) is 20.8. The number of carbonyl (C=O) groups excluding carboxylic acids is 3. The van der Waals surface area contributed by atoms with Gasteiger partial charge in [0.2, 0.25) is 5.91 Å². The third-order valence-electron chi connectivity index (χ3n) is 6.74. The molecule has 0 bridgehead atoms. The predicted molar refractivity (Wildman–Crippen MR) is 113 cm³/mol. The van der Waals surface area contributed by atoms with Gasteiger partial charge in [-0.15, -0.1) is 0 Å². The van der Waals surface area contributed by atoms with Gasteiger partial charge in [-0.3, -0.25) is 14.5 Å². The van der Waals surface area contributed by atoms with Crippen molar-refractivity contribution in [1.29, 1.82) is 0 Å². The fraction of sp³-hybridized carbons (Fsp3) is 0.609. The molecular weight excluding hydrogens is 380 g/mol. The molecule has 3 aliphatic heterocycles. The Labute approximate surface area is 178 Å². The van der Waals surface area contributed by atoms with Crippen molar-refractivity contribution in [2.45, 2.75) is 63.6 Å². The number of fused-ring (bicyclic) bond motifs is 1. The molecule has 4 amide bonds. The molecule has 0 aliphatic carbocycles. The summed E-state index contributed by atoms with van der Waals surface area (Å²) in [6, 6.07) is 9.05. The first-order valence-electron chi connectivity index (χ1n) is 11.3. The number of benzene rings is 1. The zero-order valence-corrected chi connectivity index (χ0v) is 17.5. The Morgan fingerprint density at radius 1 is 1.07 bits per heavy atom. The largest absolute Gasteiger partial charge is 0.356 e. The zero-order valence-electron chi connectivity index (χ0n) is 17.5. The van der Waals surface area contributed by atoms with Gasteiger partial charge >= 0.3 is 6.03 Å². The summed E-state index contributed by atoms with van der Waals surface area (Å²) in [4.78, 5) is 41.0. The van der Waals surface area contributed by atoms with Crippen molar-refractivity contribution in [1.82, 2.24) is 20.4 Å². The van der Waals surface area contributed by atoms with Crippen LogP contribution in [0, 0.1) is 5.92 Å². The number of urea groups is 1. The summed E-state index contributed by atoms with van der Waals surface area (Å²) in [5.41, 5.74) is 0.906. The van der Waals surface area contributed by atoms with Crippen LogP contribution in [-0.4, -0.2) is 59.4 Å². The lowest BCUT2D eigenvalue weighted by molar-refractivity contribution is -0.128. The van der Waals surface area contributed by atoms with E-state index in [1.807, 2.05) is 30.3 Å². The summed E-state index contributed by atoms with van der Waals surface area (Å²) >= 11 is 0. The van der Waals surface area contributed by atoms with E-state index in [2.05, 4.69) is 15.5 Å². The number of hydrogen-bond acceptors (Lipinski definition) is 4. The normalized spacial score (nSPS) is 26.9. The van der Waals surface area contributed by atoms with Crippen LogP contribution in [0.25, 0.3) is 0 Å². The van der Waals surface area contributed by atoms with Crippen LogP contribution in [0.3, 0.4) is 0 Å². The number of rotatable bonds is 7. The van der Waals surface area contributed by atoms with E-state index in [0.29, 0.717) is 24.9 Å². The Hall–Kier alpha value is -2.41. The highest BCUT2D eigenvalue weighted by atomic mass is 16.2. The van der Waals surface area contributed by atoms with E-state index >= 15 is 0 Å². The number of hydrogen-bond donors (Lipinski definition) is 2. The van der Waals surface area contributed by atoms with Crippen LogP contribution in [0.5, 0.6) is 0 Å². The van der Waals surface area contributed by atoms with E-state index in [1.54, 1.807) is 0 Å². The molecule has 0 aromatic heterocycles. The topological polar surface area (TPSA) is 81.8 Å². The van der Waals surface area contributed by atoms with Crippen molar-refractivity contribution in [2.24, 2.45) is 5.92 Å². The van der Waals surface area contributed by atoms with Crippen LogP contribution in [-0.2, 0) is 16.1 Å². The third-order valence-corrected chi connectivity index (χ3v) is 6.74. The molecule has 3 atom stereocenters. The molecule has 3 unspecified atom stereocenters. The maximum Gasteiger partial charge on any atom is 0.325 e. The van der Waals surface area contributed by atoms with Crippen molar-refractivity contribution in [2.75, 3.05) is 19.6 Å². The van der Waals surface area contributed by atoms with Gasteiger partial charge in [0, 0.05) is 19.0 Å². The Morgan fingerprint density at radius 3 is 2.70 bits per heavy atom. The Morgan fingerprint density at radius 2 is 1.87 bits per heavy atom. The molecule has 4 rings (SSSR count). The molecule has 7 heteroatoms. The van der Waals surface area contributed by atoms with Crippen molar-refractivity contribution in [3.63, 3.8) is 0 Å². The van der Waals surface area contributed by atoms with Gasteiger partial charge in [-0.2, -0.15) is 0 Å². The number of imide groups is 1. The number of nitrogens with one attached hydrogen (secondary N) is 2. The maximum absolute atomic E-state index is 12.6. The van der Waals surface area contributed by atoms with E-state index in [-0.39, 0.29) is 30.8 Å². The lowest BCUT2D eigenvalue weighted by Gasteiger charge is -2.44. The van der Waals surface area contributed by atoms with Crippen LogP contribution >= 0.6 is 0 Å². The number of nitrogens with zero attached hydrogens (tertiary/aromatic N) is 2. The lowest BCUT2D eigenvalue weighted by atomic mass is 9.83. The fourth-order valence-corrected chi connectivity index (χ4v) is 5.11. The van der Waals surface area contributed by atoms with Crippen LogP contribution in [0.4, 0.5) is 4.79 Å². The zero-order chi connectivity index (χ0) is 20.9. The lowest BCUT2D eigenvalue weighted by Crippen LogP contribution is -2.51. The Balaban J connectivity index is 1.22. The monoisotopic (exact) mass is 412 g/mol. The van der Waals surface area contributed by atoms with Crippen molar-refractivity contribution >= 4 is 17.8 Å². The second-order valence-electron chi connectivity index (χ2n) is 8.76. The highest BCUT2D eigenvalue weighted by Gasteiger charge is 2.38. The first-order valence-corrected chi connectivity index (χ1v) is 11.3. The third kappa shape index (κ3) is 4.83. The highest BCUT2D eigenvalue weighted by molar-refractivity contribution is 6.04. The Bertz CT molecular complexity index is 767. The van der Waals surface area contributed by atoms with Gasteiger partial charge in [-0.25, -0.2) is 4.79 Å². The van der Waals surface area contributed by atoms with E-state index in [1.165, 1.54) is 50.1 Å². The fourth-order valence-electron chi connectivity index (χ4n) is 5.11. The van der Waals surface area contributed by atoms with E-state index < -0.39 is 6.04 Å². The summed E-state index contributed by atoms with van der Waals surface area (Å²) in [5.74, 6) is 0.241. The minimum absolute atomic E-state index is 0.0357. The van der Waals surface area contributed by atoms with Gasteiger partial charge in [0.25, 0.3) is 5.91 Å². The minimum Gasteiger partial charge on any atom is -0.356 e. The molecule has 0 saturated carbocycles. The number of piperidine rings is 2. The molecule has 2 N–H and O–H groups in total. The summed E-state index contributed by atoms with van der Waals surface area (Å²) < 4.78 is 0. The smallest absolute Gasteiger partial charge is 0.325 e. The average molecular weight is 413 g/mol. The molecule has 1 aromatic carbocycles. The first-order chi connectivity index (χ1) is 14.6. The summed E-state index contributed by atoms with van der Waals surface area (Å²) in [7, 11) is 0. The summed E-state index contributed by atoms with van der Waals surface area (Å²) in [6.45, 7) is 3.36. The average Bonchev–Trinajstić information content (AvgIpc) is 3.04. The SMILES string of the molecule is O=C(CCC1NC(=O)N(Cc2ccccc2)C1=O)NCC1CCCN2CCCCC12. The van der Waals surface area contributed by atoms with Crippen LogP contribution < -0.4 is 10.6 Å². The summed E-state index contributed by atoms with van der Waals surface area (Å²) in [6.07, 6.45) is 6.77. The molecular formula is C23H32N4O3. The number of carbonyl (C=O) groups is 3. The quantitative estimate of drug-likeness (QED) is 0.673. The van der Waals surface area contributed by atoms with Gasteiger partial charge in [0.15, 0.2) is 0 Å². The molecule has 1 aromatic rings. The molecule has 3 saturated heterocycles. The highest BCUT2D eigenvalue weighted by Crippen LogP contribution is 2.30. The predicted octanol–water partition coefficient (Wildman–Crippen LogP) is 2.27. The van der Waals surface area contributed by atoms with Crippen LogP contribution in [0.2, 0.25) is 0 Å². The number of amides is 4. The van der Waals surface area contributed by atoms with Crippen molar-refractivity contribution < 1.29 is 14.4 Å². The molecule has 162 valence electrons. The van der Waals surface area contributed by atoms with E-state index in [4.69, 9.17) is 0 Å². The van der Waals surface area contributed by atoms with Crippen molar-refractivity contribution in [3.8, 4) is 0 Å². The minimum atomic E-state index is -0.615. The van der Waals surface area contributed by atoms with Gasteiger partial charge in [0.1, 0.15) is 6.04 Å². The van der Waals surface area contributed by atoms with Crippen LogP contribution in [0.15, 0.2) is 30.3 Å². The second kappa shape index (κ2) is 9.60. The standard InChI is InChI=1S/C23H32N4O3/c28-21(24-15-18-9-6-14-26-13-5-4-10-20(18)26)12-11-19-22(29)27(23(30)25-19)16-17-7-2-1-3-8-17/h1-3,7-8,18-20H,4-6,9-16H2,(H,24,28)(H,25,30). The Kier molecular flexibility index (Phi) is 6.67. The molecule has 3 aliphatic rings. The molecule has 3 heterocycles. The van der Waals surface area contributed by atoms with Gasteiger partial charge in [0.05, 0.1) is 6.54 Å². The molecule has 7 nitrogen and oxygen atoms in total. The van der Waals surface area contributed by atoms with Gasteiger partial charge in [-0.05, 0) is 56.7 Å². The van der Waals surface area contributed by atoms with Gasteiger partial charge < -0.3 is 15.5 Å². The van der Waals surface area contributed by atoms with E-state index in [0.717, 1.165) is 5.56 Å². The molecule has 0 spiro atoms. The summed E-state index contributed by atoms with van der Waals surface area (Å²) in [5, 5.41) is 5.81.